The molecule has 1 unspecified atom stereocenters. The number of anilines is 1. The SMILES string of the molecule is Nc1cnc(C2CCS(=O)(=O)C2)nc1C1CC1. The summed E-state index contributed by atoms with van der Waals surface area (Å²) in [7, 11) is -2.88. The van der Waals surface area contributed by atoms with Gasteiger partial charge in [0.2, 0.25) is 0 Å². The van der Waals surface area contributed by atoms with E-state index in [4.69, 9.17) is 5.73 Å². The van der Waals surface area contributed by atoms with E-state index in [2.05, 4.69) is 9.97 Å². The average molecular weight is 253 g/mol. The highest BCUT2D eigenvalue weighted by Crippen LogP contribution is 2.42. The van der Waals surface area contributed by atoms with E-state index < -0.39 is 9.84 Å². The number of nitrogen functional groups attached to an aromatic ring is 1. The van der Waals surface area contributed by atoms with E-state index in [1.807, 2.05) is 0 Å². The van der Waals surface area contributed by atoms with Crippen molar-refractivity contribution in [3.63, 3.8) is 0 Å². The van der Waals surface area contributed by atoms with Crippen molar-refractivity contribution in [1.29, 1.82) is 0 Å². The molecule has 1 atom stereocenters. The van der Waals surface area contributed by atoms with Crippen molar-refractivity contribution in [1.82, 2.24) is 9.97 Å². The van der Waals surface area contributed by atoms with Gasteiger partial charge in [0.05, 0.1) is 29.1 Å². The lowest BCUT2D eigenvalue weighted by Gasteiger charge is -2.09. The van der Waals surface area contributed by atoms with Crippen LogP contribution in [0, 0.1) is 0 Å². The number of nitrogens with zero attached hydrogens (tertiary/aromatic N) is 2. The van der Waals surface area contributed by atoms with Gasteiger partial charge in [0.25, 0.3) is 0 Å². The van der Waals surface area contributed by atoms with E-state index in [1.165, 1.54) is 0 Å². The van der Waals surface area contributed by atoms with Gasteiger partial charge in [0, 0.05) is 11.8 Å². The fourth-order valence-corrected chi connectivity index (χ4v) is 4.04. The Morgan fingerprint density at radius 1 is 1.24 bits per heavy atom. The van der Waals surface area contributed by atoms with E-state index in [0.29, 0.717) is 23.9 Å². The van der Waals surface area contributed by atoms with Gasteiger partial charge in [-0.1, -0.05) is 0 Å². The molecule has 3 rings (SSSR count). The van der Waals surface area contributed by atoms with Crippen molar-refractivity contribution < 1.29 is 8.42 Å². The summed E-state index contributed by atoms with van der Waals surface area (Å²) < 4.78 is 22.9. The third-order valence-electron chi connectivity index (χ3n) is 3.43. The quantitative estimate of drug-likeness (QED) is 0.844. The average Bonchev–Trinajstić information content (AvgIpc) is 3.04. The monoisotopic (exact) mass is 253 g/mol. The molecule has 5 nitrogen and oxygen atoms in total. The highest BCUT2D eigenvalue weighted by molar-refractivity contribution is 7.91. The minimum Gasteiger partial charge on any atom is -0.396 e. The standard InChI is InChI=1S/C11H15N3O2S/c12-9-5-13-11(14-10(9)7-1-2-7)8-3-4-17(15,16)6-8/h5,7-8H,1-4,6,12H2. The summed E-state index contributed by atoms with van der Waals surface area (Å²) >= 11 is 0. The van der Waals surface area contributed by atoms with Crippen LogP contribution in [0.4, 0.5) is 5.69 Å². The third-order valence-corrected chi connectivity index (χ3v) is 5.20. The number of rotatable bonds is 2. The van der Waals surface area contributed by atoms with Crippen molar-refractivity contribution in [2.24, 2.45) is 0 Å². The largest absolute Gasteiger partial charge is 0.396 e. The zero-order valence-electron chi connectivity index (χ0n) is 9.46. The number of nitrogens with two attached hydrogens (primary N) is 1. The summed E-state index contributed by atoms with van der Waals surface area (Å²) in [5.41, 5.74) is 7.39. The first-order chi connectivity index (χ1) is 8.05. The molecule has 92 valence electrons. The maximum Gasteiger partial charge on any atom is 0.151 e. The molecule has 0 radical (unpaired) electrons. The first kappa shape index (κ1) is 11.0. The highest BCUT2D eigenvalue weighted by atomic mass is 32.2. The highest BCUT2D eigenvalue weighted by Gasteiger charge is 2.33. The van der Waals surface area contributed by atoms with E-state index in [9.17, 15) is 8.42 Å². The zero-order valence-corrected chi connectivity index (χ0v) is 10.3. The van der Waals surface area contributed by atoms with Crippen molar-refractivity contribution in [3.8, 4) is 0 Å². The molecule has 1 aliphatic carbocycles. The van der Waals surface area contributed by atoms with Crippen molar-refractivity contribution in [2.45, 2.75) is 31.1 Å². The Hall–Kier alpha value is -1.17. The van der Waals surface area contributed by atoms with Crippen LogP contribution in [-0.2, 0) is 9.84 Å². The van der Waals surface area contributed by atoms with Crippen molar-refractivity contribution in [2.75, 3.05) is 17.2 Å². The molecule has 2 aliphatic rings. The van der Waals surface area contributed by atoms with E-state index in [0.717, 1.165) is 18.5 Å². The second kappa shape index (κ2) is 3.66. The Morgan fingerprint density at radius 3 is 2.59 bits per heavy atom. The van der Waals surface area contributed by atoms with Gasteiger partial charge in [-0.15, -0.1) is 0 Å². The molecule has 0 aromatic carbocycles. The van der Waals surface area contributed by atoms with Gasteiger partial charge in [-0.05, 0) is 19.3 Å². The molecule has 6 heteroatoms. The topological polar surface area (TPSA) is 85.9 Å². The van der Waals surface area contributed by atoms with Crippen LogP contribution in [0.1, 0.15) is 42.6 Å². The Balaban J connectivity index is 1.91. The van der Waals surface area contributed by atoms with Gasteiger partial charge in [0.15, 0.2) is 9.84 Å². The summed E-state index contributed by atoms with van der Waals surface area (Å²) in [5.74, 6) is 1.51. The Morgan fingerprint density at radius 2 is 2.00 bits per heavy atom. The van der Waals surface area contributed by atoms with Gasteiger partial charge in [0.1, 0.15) is 5.82 Å². The molecule has 2 fully saturated rings. The molecular weight excluding hydrogens is 238 g/mol. The van der Waals surface area contributed by atoms with Gasteiger partial charge < -0.3 is 5.73 Å². The number of hydrogen-bond donors (Lipinski definition) is 1. The maximum atomic E-state index is 11.4. The predicted molar refractivity (Wildman–Crippen MR) is 64.4 cm³/mol. The van der Waals surface area contributed by atoms with Crippen LogP contribution in [0.3, 0.4) is 0 Å². The second-order valence-corrected chi connectivity index (χ2v) is 7.17. The first-order valence-corrected chi connectivity index (χ1v) is 7.70. The van der Waals surface area contributed by atoms with Crippen LogP contribution in [0.2, 0.25) is 0 Å². The van der Waals surface area contributed by atoms with E-state index in [-0.39, 0.29) is 17.4 Å². The van der Waals surface area contributed by atoms with Crippen molar-refractivity contribution >= 4 is 15.5 Å². The van der Waals surface area contributed by atoms with Crippen LogP contribution in [0.5, 0.6) is 0 Å². The third kappa shape index (κ3) is 2.13. The lowest BCUT2D eigenvalue weighted by Crippen LogP contribution is -2.10. The summed E-state index contributed by atoms with van der Waals surface area (Å²) in [6, 6.07) is 0. The molecule has 0 amide bonds. The van der Waals surface area contributed by atoms with Crippen LogP contribution >= 0.6 is 0 Å². The van der Waals surface area contributed by atoms with Gasteiger partial charge in [-0.2, -0.15) is 0 Å². The van der Waals surface area contributed by atoms with Crippen LogP contribution in [0.15, 0.2) is 6.20 Å². The first-order valence-electron chi connectivity index (χ1n) is 5.88. The molecule has 17 heavy (non-hydrogen) atoms. The van der Waals surface area contributed by atoms with Crippen LogP contribution in [0.25, 0.3) is 0 Å². The van der Waals surface area contributed by atoms with Crippen molar-refractivity contribution in [3.05, 3.63) is 17.7 Å². The summed E-state index contributed by atoms with van der Waals surface area (Å²) in [4.78, 5) is 8.68. The zero-order chi connectivity index (χ0) is 12.0. The lowest BCUT2D eigenvalue weighted by atomic mass is 10.1. The smallest absolute Gasteiger partial charge is 0.151 e. The molecule has 1 aromatic rings. The van der Waals surface area contributed by atoms with Gasteiger partial charge >= 0.3 is 0 Å². The number of aromatic nitrogens is 2. The molecule has 1 saturated carbocycles. The minimum absolute atomic E-state index is 0.0434. The van der Waals surface area contributed by atoms with Crippen LogP contribution in [-0.4, -0.2) is 29.9 Å². The summed E-state index contributed by atoms with van der Waals surface area (Å²) in [6.07, 6.45) is 4.52. The molecule has 0 spiro atoms. The van der Waals surface area contributed by atoms with Gasteiger partial charge in [-0.25, -0.2) is 18.4 Å². The fourth-order valence-electron chi connectivity index (χ4n) is 2.30. The minimum atomic E-state index is -2.88. The Labute approximate surface area is 100 Å². The predicted octanol–water partition coefficient (Wildman–Crippen LogP) is 0.838. The molecule has 1 aliphatic heterocycles. The maximum absolute atomic E-state index is 11.4. The van der Waals surface area contributed by atoms with Gasteiger partial charge in [-0.3, -0.25) is 0 Å². The molecule has 0 bridgehead atoms. The Bertz CT molecular complexity index is 552. The van der Waals surface area contributed by atoms with Crippen LogP contribution < -0.4 is 5.73 Å². The molecule has 1 saturated heterocycles. The normalized spacial score (nSPS) is 27.2. The van der Waals surface area contributed by atoms with E-state index >= 15 is 0 Å². The number of sulfone groups is 1. The molecule has 2 N–H and O–H groups in total. The van der Waals surface area contributed by atoms with E-state index in [1.54, 1.807) is 6.20 Å². The summed E-state index contributed by atoms with van der Waals surface area (Å²) in [6.45, 7) is 0. The molecule has 1 aromatic heterocycles. The lowest BCUT2D eigenvalue weighted by molar-refractivity contribution is 0.601. The fraction of sp³-hybridized carbons (Fsp3) is 0.636. The molecular formula is C11H15N3O2S. The molecule has 2 heterocycles. The number of hydrogen-bond acceptors (Lipinski definition) is 5. The second-order valence-electron chi connectivity index (χ2n) is 4.94. The Kier molecular flexibility index (Phi) is 2.36. The summed E-state index contributed by atoms with van der Waals surface area (Å²) in [5, 5.41) is 0.